The summed E-state index contributed by atoms with van der Waals surface area (Å²) in [4.78, 5) is 49.2. The standard InChI is InChI=1S/C21H22N2O5/c1-22-19(25)17-10-16(18(24)9-13-6-7-13)12-23(20(17)26)11-14-4-3-5-15(8-14)21(27)28-2/h3-5,8,10,12-13H,6-7,9,11H2,1-2H3,(H,22,25). The van der Waals surface area contributed by atoms with Gasteiger partial charge in [-0.3, -0.25) is 14.4 Å². The first kappa shape index (κ1) is 19.5. The Bertz CT molecular complexity index is 989. The van der Waals surface area contributed by atoms with E-state index in [4.69, 9.17) is 4.74 Å². The van der Waals surface area contributed by atoms with Crippen molar-refractivity contribution in [1.82, 2.24) is 9.88 Å². The van der Waals surface area contributed by atoms with E-state index < -0.39 is 17.4 Å². The summed E-state index contributed by atoms with van der Waals surface area (Å²) in [6.45, 7) is 0.123. The molecule has 0 saturated heterocycles. The summed E-state index contributed by atoms with van der Waals surface area (Å²) in [7, 11) is 2.73. The maximum absolute atomic E-state index is 12.8. The van der Waals surface area contributed by atoms with E-state index in [1.54, 1.807) is 24.3 Å². The number of pyridine rings is 1. The smallest absolute Gasteiger partial charge is 0.337 e. The summed E-state index contributed by atoms with van der Waals surface area (Å²) in [5.41, 5.74) is 0.813. The van der Waals surface area contributed by atoms with Gasteiger partial charge in [-0.05, 0) is 42.5 Å². The lowest BCUT2D eigenvalue weighted by molar-refractivity contribution is 0.0600. The highest BCUT2D eigenvalue weighted by atomic mass is 16.5. The fourth-order valence-corrected chi connectivity index (χ4v) is 3.02. The van der Waals surface area contributed by atoms with Crippen molar-refractivity contribution in [2.45, 2.75) is 25.8 Å². The Kier molecular flexibility index (Phi) is 5.73. The van der Waals surface area contributed by atoms with Crippen LogP contribution in [-0.4, -0.2) is 36.4 Å². The largest absolute Gasteiger partial charge is 0.465 e. The Morgan fingerprint density at radius 1 is 1.18 bits per heavy atom. The molecule has 0 unspecified atom stereocenters. The van der Waals surface area contributed by atoms with Gasteiger partial charge in [-0.2, -0.15) is 0 Å². The topological polar surface area (TPSA) is 94.5 Å². The molecule has 1 saturated carbocycles. The first-order valence-electron chi connectivity index (χ1n) is 9.10. The van der Waals surface area contributed by atoms with Gasteiger partial charge in [-0.15, -0.1) is 0 Å². The molecule has 0 spiro atoms. The summed E-state index contributed by atoms with van der Waals surface area (Å²) >= 11 is 0. The van der Waals surface area contributed by atoms with Crippen LogP contribution in [0.2, 0.25) is 0 Å². The second-order valence-corrected chi connectivity index (χ2v) is 6.92. The Morgan fingerprint density at radius 2 is 1.93 bits per heavy atom. The molecule has 7 nitrogen and oxygen atoms in total. The van der Waals surface area contributed by atoms with Crippen LogP contribution in [0.3, 0.4) is 0 Å². The van der Waals surface area contributed by atoms with E-state index in [-0.39, 0.29) is 17.9 Å². The quantitative estimate of drug-likeness (QED) is 0.584. The molecule has 1 aromatic heterocycles. The number of ketones is 1. The number of carbonyl (C=O) groups is 3. The predicted molar refractivity (Wildman–Crippen MR) is 103 cm³/mol. The summed E-state index contributed by atoms with van der Waals surface area (Å²) in [5, 5.41) is 2.44. The molecule has 146 valence electrons. The third-order valence-corrected chi connectivity index (χ3v) is 4.75. The molecule has 7 heteroatoms. The molecule has 2 aromatic rings. The summed E-state index contributed by atoms with van der Waals surface area (Å²) in [6.07, 6.45) is 3.98. The number of amides is 1. The van der Waals surface area contributed by atoms with Gasteiger partial charge < -0.3 is 14.6 Å². The van der Waals surface area contributed by atoms with Gasteiger partial charge in [0.1, 0.15) is 5.56 Å². The molecule has 28 heavy (non-hydrogen) atoms. The van der Waals surface area contributed by atoms with Gasteiger partial charge in [-0.1, -0.05) is 12.1 Å². The van der Waals surface area contributed by atoms with Crippen molar-refractivity contribution < 1.29 is 19.1 Å². The minimum atomic E-state index is -0.539. The highest BCUT2D eigenvalue weighted by Gasteiger charge is 2.26. The molecule has 0 atom stereocenters. The number of methoxy groups -OCH3 is 1. The van der Waals surface area contributed by atoms with E-state index in [9.17, 15) is 19.2 Å². The average Bonchev–Trinajstić information content (AvgIpc) is 3.52. The zero-order valence-electron chi connectivity index (χ0n) is 15.9. The first-order valence-corrected chi connectivity index (χ1v) is 9.10. The van der Waals surface area contributed by atoms with Crippen molar-refractivity contribution in [3.05, 3.63) is 69.1 Å². The van der Waals surface area contributed by atoms with Crippen LogP contribution in [0.5, 0.6) is 0 Å². The molecule has 1 fully saturated rings. The third-order valence-electron chi connectivity index (χ3n) is 4.75. The summed E-state index contributed by atoms with van der Waals surface area (Å²) in [6, 6.07) is 8.05. The van der Waals surface area contributed by atoms with Gasteiger partial charge in [0.15, 0.2) is 5.78 Å². The number of hydrogen-bond acceptors (Lipinski definition) is 5. The van der Waals surface area contributed by atoms with Crippen LogP contribution in [0.25, 0.3) is 0 Å². The Labute approximate surface area is 162 Å². The van der Waals surface area contributed by atoms with Crippen LogP contribution < -0.4 is 10.9 Å². The second-order valence-electron chi connectivity index (χ2n) is 6.92. The number of nitrogens with one attached hydrogen (secondary N) is 1. The molecule has 0 radical (unpaired) electrons. The van der Waals surface area contributed by atoms with Crippen LogP contribution in [0.1, 0.15) is 55.9 Å². The van der Waals surface area contributed by atoms with Crippen LogP contribution in [0.15, 0.2) is 41.3 Å². The van der Waals surface area contributed by atoms with Gasteiger partial charge >= 0.3 is 5.97 Å². The van der Waals surface area contributed by atoms with Gasteiger partial charge in [-0.25, -0.2) is 4.79 Å². The van der Waals surface area contributed by atoms with Crippen molar-refractivity contribution in [3.63, 3.8) is 0 Å². The van der Waals surface area contributed by atoms with E-state index in [0.717, 1.165) is 12.8 Å². The first-order chi connectivity index (χ1) is 13.4. The van der Waals surface area contributed by atoms with Gasteiger partial charge in [0.2, 0.25) is 0 Å². The Hall–Kier alpha value is -3.22. The van der Waals surface area contributed by atoms with Gasteiger partial charge in [0, 0.05) is 25.2 Å². The average molecular weight is 382 g/mol. The zero-order valence-corrected chi connectivity index (χ0v) is 15.9. The minimum Gasteiger partial charge on any atom is -0.465 e. The molecule has 1 aliphatic rings. The maximum Gasteiger partial charge on any atom is 0.337 e. The summed E-state index contributed by atoms with van der Waals surface area (Å²) < 4.78 is 6.05. The summed E-state index contributed by atoms with van der Waals surface area (Å²) in [5.74, 6) is -0.700. The number of carbonyl (C=O) groups excluding carboxylic acids is 3. The van der Waals surface area contributed by atoms with Gasteiger partial charge in [0.05, 0.1) is 19.2 Å². The van der Waals surface area contributed by atoms with Crippen molar-refractivity contribution in [2.24, 2.45) is 5.92 Å². The minimum absolute atomic E-state index is 0.0757. The molecule has 1 aliphatic carbocycles. The highest BCUT2D eigenvalue weighted by Crippen LogP contribution is 2.33. The number of aromatic nitrogens is 1. The molecular formula is C21H22N2O5. The molecule has 1 aromatic carbocycles. The van der Waals surface area contributed by atoms with Crippen LogP contribution >= 0.6 is 0 Å². The monoisotopic (exact) mass is 382 g/mol. The molecular weight excluding hydrogens is 360 g/mol. The van der Waals surface area contributed by atoms with E-state index >= 15 is 0 Å². The lowest BCUT2D eigenvalue weighted by Gasteiger charge is -2.12. The number of nitrogens with zero attached hydrogens (tertiary/aromatic N) is 1. The number of rotatable bonds is 7. The Balaban J connectivity index is 1.99. The third kappa shape index (κ3) is 4.36. The molecule has 1 heterocycles. The van der Waals surface area contributed by atoms with E-state index in [1.807, 2.05) is 0 Å². The molecule has 3 rings (SSSR count). The molecule has 1 amide bonds. The maximum atomic E-state index is 12.8. The number of esters is 1. The zero-order chi connectivity index (χ0) is 20.3. The predicted octanol–water partition coefficient (Wildman–Crippen LogP) is 2.03. The number of hydrogen-bond donors (Lipinski definition) is 1. The highest BCUT2D eigenvalue weighted by molar-refractivity contribution is 6.00. The Morgan fingerprint density at radius 3 is 2.57 bits per heavy atom. The fourth-order valence-electron chi connectivity index (χ4n) is 3.02. The van der Waals surface area contributed by atoms with Crippen molar-refractivity contribution >= 4 is 17.7 Å². The molecule has 0 aliphatic heterocycles. The SMILES string of the molecule is CNC(=O)c1cc(C(=O)CC2CC2)cn(Cc2cccc(C(=O)OC)c2)c1=O. The molecule has 0 bridgehead atoms. The van der Waals surface area contributed by atoms with Crippen molar-refractivity contribution in [1.29, 1.82) is 0 Å². The van der Waals surface area contributed by atoms with Crippen LogP contribution in [0, 0.1) is 5.92 Å². The second kappa shape index (κ2) is 8.21. The van der Waals surface area contributed by atoms with E-state index in [2.05, 4.69) is 5.32 Å². The number of benzene rings is 1. The van der Waals surface area contributed by atoms with Crippen molar-refractivity contribution in [2.75, 3.05) is 14.2 Å². The van der Waals surface area contributed by atoms with Gasteiger partial charge in [0.25, 0.3) is 11.5 Å². The van der Waals surface area contributed by atoms with Crippen molar-refractivity contribution in [3.8, 4) is 0 Å². The van der Waals surface area contributed by atoms with Crippen LogP contribution in [0.4, 0.5) is 0 Å². The van der Waals surface area contributed by atoms with Crippen LogP contribution in [-0.2, 0) is 11.3 Å². The fraction of sp³-hybridized carbons (Fsp3) is 0.333. The van der Waals surface area contributed by atoms with E-state index in [0.29, 0.717) is 29.0 Å². The number of Topliss-reactive ketones (excluding diaryl/α,β-unsaturated/α-hetero) is 1. The number of ether oxygens (including phenoxy) is 1. The lowest BCUT2D eigenvalue weighted by atomic mass is 10.0. The normalized spacial score (nSPS) is 13.1. The van der Waals surface area contributed by atoms with E-state index in [1.165, 1.54) is 31.0 Å². The molecule has 1 N–H and O–H groups in total. The lowest BCUT2D eigenvalue weighted by Crippen LogP contribution is -2.32.